The fourth-order valence-electron chi connectivity index (χ4n) is 2.32. The van der Waals surface area contributed by atoms with E-state index in [0.29, 0.717) is 6.54 Å². The molecule has 94 valence electrons. The molecule has 4 nitrogen and oxygen atoms in total. The first kappa shape index (κ1) is 12.4. The highest BCUT2D eigenvalue weighted by atomic mass is 16.5. The first-order chi connectivity index (χ1) is 8.22. The van der Waals surface area contributed by atoms with Crippen LogP contribution >= 0.6 is 0 Å². The molecule has 0 amide bonds. The summed E-state index contributed by atoms with van der Waals surface area (Å²) < 4.78 is 5.33. The molecule has 1 heterocycles. The molecule has 1 aromatic carbocycles. The van der Waals surface area contributed by atoms with Crippen molar-refractivity contribution in [2.75, 3.05) is 27.2 Å². The van der Waals surface area contributed by atoms with E-state index in [9.17, 15) is 5.11 Å². The predicted octanol–water partition coefficient (Wildman–Crippen LogP) is 0.460. The molecule has 1 aliphatic rings. The zero-order valence-electron chi connectivity index (χ0n) is 10.4. The van der Waals surface area contributed by atoms with Crippen molar-refractivity contribution in [3.05, 3.63) is 29.8 Å². The Morgan fingerprint density at radius 1 is 1.41 bits per heavy atom. The lowest BCUT2D eigenvalue weighted by Crippen LogP contribution is -2.40. The Hall–Kier alpha value is -1.10. The number of methoxy groups -OCH3 is 1. The number of aliphatic hydroxyl groups excluding tert-OH is 1. The lowest BCUT2D eigenvalue weighted by Gasteiger charge is -2.26. The van der Waals surface area contributed by atoms with Gasteiger partial charge in [0.2, 0.25) is 0 Å². The van der Waals surface area contributed by atoms with Crippen LogP contribution in [-0.2, 0) is 6.54 Å². The number of ether oxygens (including phenoxy) is 1. The van der Waals surface area contributed by atoms with Gasteiger partial charge in [0, 0.05) is 31.2 Å². The van der Waals surface area contributed by atoms with Gasteiger partial charge in [0.05, 0.1) is 13.2 Å². The second kappa shape index (κ2) is 5.49. The minimum absolute atomic E-state index is 0.180. The van der Waals surface area contributed by atoms with Crippen LogP contribution in [0.5, 0.6) is 5.75 Å². The van der Waals surface area contributed by atoms with Gasteiger partial charge in [-0.1, -0.05) is 18.2 Å². The molecule has 2 N–H and O–H groups in total. The van der Waals surface area contributed by atoms with Gasteiger partial charge in [-0.15, -0.1) is 0 Å². The van der Waals surface area contributed by atoms with Crippen LogP contribution in [0.2, 0.25) is 0 Å². The molecule has 0 saturated carbocycles. The second-order valence-electron chi connectivity index (χ2n) is 4.52. The van der Waals surface area contributed by atoms with Crippen LogP contribution in [0.4, 0.5) is 0 Å². The molecule has 2 unspecified atom stereocenters. The molecule has 0 aromatic heterocycles. The van der Waals surface area contributed by atoms with Gasteiger partial charge in [0.15, 0.2) is 0 Å². The first-order valence-corrected chi connectivity index (χ1v) is 5.93. The molecule has 0 spiro atoms. The minimum atomic E-state index is -0.283. The molecule has 1 aliphatic heterocycles. The number of likely N-dealkylation sites (N-methyl/N-ethyl adjacent to an activating group) is 1. The van der Waals surface area contributed by atoms with Crippen molar-refractivity contribution < 1.29 is 9.84 Å². The quantitative estimate of drug-likeness (QED) is 0.797. The first-order valence-electron chi connectivity index (χ1n) is 5.93. The molecule has 1 saturated heterocycles. The number of hydrogen-bond donors (Lipinski definition) is 2. The smallest absolute Gasteiger partial charge is 0.123 e. The third-order valence-electron chi connectivity index (χ3n) is 3.33. The van der Waals surface area contributed by atoms with E-state index in [1.54, 1.807) is 7.11 Å². The third-order valence-corrected chi connectivity index (χ3v) is 3.33. The number of β-amino-alcohol motifs (C(OH)–C–C–N with tert-alkyl or cyclic N) is 1. The lowest BCUT2D eigenvalue weighted by atomic mass is 10.1. The number of hydrogen-bond acceptors (Lipinski definition) is 4. The van der Waals surface area contributed by atoms with Gasteiger partial charge in [-0.3, -0.25) is 4.90 Å². The van der Waals surface area contributed by atoms with E-state index in [0.717, 1.165) is 24.4 Å². The molecular weight excluding hydrogens is 216 g/mol. The SMILES string of the molecule is COc1ccccc1CN(C)C1CNCC1O. The summed E-state index contributed by atoms with van der Waals surface area (Å²) >= 11 is 0. The van der Waals surface area contributed by atoms with E-state index >= 15 is 0 Å². The largest absolute Gasteiger partial charge is 0.496 e. The van der Waals surface area contributed by atoms with Gasteiger partial charge in [-0.2, -0.15) is 0 Å². The average molecular weight is 236 g/mol. The Bertz CT molecular complexity index is 370. The van der Waals surface area contributed by atoms with E-state index in [-0.39, 0.29) is 12.1 Å². The summed E-state index contributed by atoms with van der Waals surface area (Å²) in [6, 6.07) is 8.18. The van der Waals surface area contributed by atoms with Crippen molar-refractivity contribution in [3.8, 4) is 5.75 Å². The van der Waals surface area contributed by atoms with Crippen LogP contribution in [0.3, 0.4) is 0 Å². The van der Waals surface area contributed by atoms with Crippen molar-refractivity contribution in [3.63, 3.8) is 0 Å². The fourth-order valence-corrected chi connectivity index (χ4v) is 2.32. The molecular formula is C13H20N2O2. The summed E-state index contributed by atoms with van der Waals surface area (Å²) in [5.74, 6) is 0.903. The molecule has 2 atom stereocenters. The van der Waals surface area contributed by atoms with E-state index in [2.05, 4.69) is 16.3 Å². The van der Waals surface area contributed by atoms with E-state index < -0.39 is 0 Å². The van der Waals surface area contributed by atoms with Gasteiger partial charge < -0.3 is 15.2 Å². The Morgan fingerprint density at radius 2 is 2.18 bits per heavy atom. The Labute approximate surface area is 102 Å². The predicted molar refractivity (Wildman–Crippen MR) is 67.1 cm³/mol. The Morgan fingerprint density at radius 3 is 2.82 bits per heavy atom. The standard InChI is InChI=1S/C13H20N2O2/c1-15(11-7-14-8-12(11)16)9-10-5-3-4-6-13(10)17-2/h3-6,11-12,14,16H,7-9H2,1-2H3. The summed E-state index contributed by atoms with van der Waals surface area (Å²) in [6.45, 7) is 2.31. The highest BCUT2D eigenvalue weighted by Gasteiger charge is 2.28. The monoisotopic (exact) mass is 236 g/mol. The lowest BCUT2D eigenvalue weighted by molar-refractivity contribution is 0.0950. The molecule has 1 aromatic rings. The number of benzene rings is 1. The van der Waals surface area contributed by atoms with Crippen LogP contribution in [0.25, 0.3) is 0 Å². The Balaban J connectivity index is 2.04. The van der Waals surface area contributed by atoms with Gasteiger partial charge in [0.25, 0.3) is 0 Å². The topological polar surface area (TPSA) is 44.7 Å². The number of nitrogens with zero attached hydrogens (tertiary/aromatic N) is 1. The maximum atomic E-state index is 9.83. The van der Waals surface area contributed by atoms with Crippen LogP contribution < -0.4 is 10.1 Å². The number of para-hydroxylation sites is 1. The van der Waals surface area contributed by atoms with E-state index in [1.165, 1.54) is 0 Å². The molecule has 4 heteroatoms. The summed E-state index contributed by atoms with van der Waals surface area (Å²) in [5, 5.41) is 13.0. The highest BCUT2D eigenvalue weighted by Crippen LogP contribution is 2.20. The van der Waals surface area contributed by atoms with Crippen LogP contribution in [0.15, 0.2) is 24.3 Å². The van der Waals surface area contributed by atoms with Gasteiger partial charge >= 0.3 is 0 Å². The summed E-state index contributed by atoms with van der Waals surface area (Å²) in [5.41, 5.74) is 1.15. The van der Waals surface area contributed by atoms with Crippen LogP contribution in [0, 0.1) is 0 Å². The minimum Gasteiger partial charge on any atom is -0.496 e. The van der Waals surface area contributed by atoms with Crippen molar-refractivity contribution in [1.82, 2.24) is 10.2 Å². The van der Waals surface area contributed by atoms with Crippen molar-refractivity contribution in [1.29, 1.82) is 0 Å². The maximum Gasteiger partial charge on any atom is 0.123 e. The maximum absolute atomic E-state index is 9.83. The number of aliphatic hydroxyl groups is 1. The Kier molecular flexibility index (Phi) is 3.99. The molecule has 0 radical (unpaired) electrons. The summed E-state index contributed by atoms with van der Waals surface area (Å²) in [6.07, 6.45) is -0.283. The average Bonchev–Trinajstić information content (AvgIpc) is 2.76. The van der Waals surface area contributed by atoms with Crippen LogP contribution in [0.1, 0.15) is 5.56 Å². The summed E-state index contributed by atoms with van der Waals surface area (Å²) in [4.78, 5) is 2.17. The highest BCUT2D eigenvalue weighted by molar-refractivity contribution is 5.33. The fraction of sp³-hybridized carbons (Fsp3) is 0.538. The van der Waals surface area contributed by atoms with Gasteiger partial charge in [0.1, 0.15) is 5.75 Å². The summed E-state index contributed by atoms with van der Waals surface area (Å²) in [7, 11) is 3.72. The van der Waals surface area contributed by atoms with Crippen molar-refractivity contribution in [2.24, 2.45) is 0 Å². The van der Waals surface area contributed by atoms with E-state index in [1.807, 2.05) is 25.2 Å². The normalized spacial score (nSPS) is 24.2. The molecule has 0 bridgehead atoms. The molecule has 2 rings (SSSR count). The zero-order chi connectivity index (χ0) is 12.3. The van der Waals surface area contributed by atoms with Crippen molar-refractivity contribution in [2.45, 2.75) is 18.7 Å². The van der Waals surface area contributed by atoms with Crippen molar-refractivity contribution >= 4 is 0 Å². The molecule has 17 heavy (non-hydrogen) atoms. The number of rotatable bonds is 4. The third kappa shape index (κ3) is 2.77. The van der Waals surface area contributed by atoms with Gasteiger partial charge in [-0.05, 0) is 13.1 Å². The van der Waals surface area contributed by atoms with E-state index in [4.69, 9.17) is 4.74 Å². The molecule has 0 aliphatic carbocycles. The second-order valence-corrected chi connectivity index (χ2v) is 4.52. The van der Waals surface area contributed by atoms with Crippen LogP contribution in [-0.4, -0.2) is 49.4 Å². The number of nitrogens with one attached hydrogen (secondary N) is 1. The molecule has 1 fully saturated rings. The zero-order valence-corrected chi connectivity index (χ0v) is 10.4. The van der Waals surface area contributed by atoms with Gasteiger partial charge in [-0.25, -0.2) is 0 Å².